The first-order valence-corrected chi connectivity index (χ1v) is 11.1. The molecule has 26 heavy (non-hydrogen) atoms. The van der Waals surface area contributed by atoms with Crippen LogP contribution in [-0.2, 0) is 19.6 Å². The molecule has 1 aromatic carbocycles. The Labute approximate surface area is 158 Å². The van der Waals surface area contributed by atoms with Crippen molar-refractivity contribution in [2.24, 2.45) is 5.92 Å². The molecule has 1 rings (SSSR count). The molecule has 0 bridgehead atoms. The van der Waals surface area contributed by atoms with Crippen molar-refractivity contribution >= 4 is 16.0 Å². The van der Waals surface area contributed by atoms with Gasteiger partial charge >= 0.3 is 5.97 Å². The molecule has 0 saturated carbocycles. The molecule has 0 aliphatic carbocycles. The van der Waals surface area contributed by atoms with Crippen molar-refractivity contribution in [1.29, 1.82) is 0 Å². The van der Waals surface area contributed by atoms with Crippen molar-refractivity contribution in [1.82, 2.24) is 4.72 Å². The van der Waals surface area contributed by atoms with Crippen molar-refractivity contribution in [3.8, 4) is 0 Å². The molecule has 148 valence electrons. The van der Waals surface area contributed by atoms with E-state index in [1.54, 1.807) is 38.1 Å². The average Bonchev–Trinajstić information content (AvgIpc) is 2.60. The Hall–Kier alpha value is -1.40. The largest absolute Gasteiger partial charge is 0.466 e. The number of hydrogen-bond donors (Lipinski definition) is 1. The maximum atomic E-state index is 12.7. The maximum absolute atomic E-state index is 12.7. The van der Waals surface area contributed by atoms with E-state index in [4.69, 9.17) is 4.74 Å². The molecule has 0 radical (unpaired) electrons. The molecular formula is C20H33NO4S. The predicted molar refractivity (Wildman–Crippen MR) is 104 cm³/mol. The zero-order chi connectivity index (χ0) is 19.6. The number of ether oxygens (including phenoxy) is 1. The predicted octanol–water partition coefficient (Wildman–Crippen LogP) is 4.20. The third-order valence-electron chi connectivity index (χ3n) is 4.52. The first kappa shape index (κ1) is 22.6. The Kier molecular flexibility index (Phi) is 9.88. The molecule has 2 atom stereocenters. The normalized spacial score (nSPS) is 14.0. The number of hydrogen-bond acceptors (Lipinski definition) is 4. The molecule has 6 heteroatoms. The zero-order valence-electron chi connectivity index (χ0n) is 16.5. The van der Waals surface area contributed by atoms with Gasteiger partial charge < -0.3 is 4.74 Å². The third kappa shape index (κ3) is 7.46. The highest BCUT2D eigenvalue weighted by molar-refractivity contribution is 7.89. The van der Waals surface area contributed by atoms with Gasteiger partial charge in [0, 0.05) is 6.04 Å². The summed E-state index contributed by atoms with van der Waals surface area (Å²) >= 11 is 0. The van der Waals surface area contributed by atoms with Gasteiger partial charge in [-0.1, -0.05) is 63.6 Å². The summed E-state index contributed by atoms with van der Waals surface area (Å²) in [5, 5.41) is 0. The highest BCUT2D eigenvalue weighted by atomic mass is 32.2. The Morgan fingerprint density at radius 3 is 2.27 bits per heavy atom. The van der Waals surface area contributed by atoms with Crippen LogP contribution in [0.4, 0.5) is 0 Å². The lowest BCUT2D eigenvalue weighted by Gasteiger charge is -2.24. The van der Waals surface area contributed by atoms with Gasteiger partial charge in [0.05, 0.1) is 17.4 Å². The summed E-state index contributed by atoms with van der Waals surface area (Å²) in [5.41, 5.74) is 0.997. The third-order valence-corrected chi connectivity index (χ3v) is 6.02. The summed E-state index contributed by atoms with van der Waals surface area (Å²) in [4.78, 5) is 12.3. The Morgan fingerprint density at radius 2 is 1.69 bits per heavy atom. The van der Waals surface area contributed by atoms with Crippen LogP contribution in [0.3, 0.4) is 0 Å². The van der Waals surface area contributed by atoms with Crippen LogP contribution < -0.4 is 4.72 Å². The quantitative estimate of drug-likeness (QED) is 0.434. The van der Waals surface area contributed by atoms with Crippen molar-refractivity contribution in [2.45, 2.75) is 77.2 Å². The number of nitrogens with one attached hydrogen (secondary N) is 1. The number of esters is 1. The van der Waals surface area contributed by atoms with Gasteiger partial charge in [0.25, 0.3) is 0 Å². The number of benzene rings is 1. The van der Waals surface area contributed by atoms with Crippen LogP contribution >= 0.6 is 0 Å². The fourth-order valence-corrected chi connectivity index (χ4v) is 4.15. The number of carbonyl (C=O) groups is 1. The van der Waals surface area contributed by atoms with E-state index in [2.05, 4.69) is 11.6 Å². The van der Waals surface area contributed by atoms with Crippen molar-refractivity contribution < 1.29 is 17.9 Å². The second-order valence-electron chi connectivity index (χ2n) is 6.78. The van der Waals surface area contributed by atoms with Gasteiger partial charge in [-0.05, 0) is 32.4 Å². The fraction of sp³-hybridized carbons (Fsp3) is 0.650. The molecule has 0 aliphatic rings. The SMILES string of the molecule is CCCCCCCC(NS(=O)(=O)c1ccc(C)cc1)C(C)C(=O)OCC. The van der Waals surface area contributed by atoms with Gasteiger partial charge in [-0.3, -0.25) is 4.79 Å². The van der Waals surface area contributed by atoms with Crippen molar-refractivity contribution in [2.75, 3.05) is 6.61 Å². The minimum absolute atomic E-state index is 0.218. The minimum Gasteiger partial charge on any atom is -0.466 e. The Bertz CT molecular complexity index is 640. The summed E-state index contributed by atoms with van der Waals surface area (Å²) in [5.74, 6) is -0.890. The van der Waals surface area contributed by atoms with E-state index >= 15 is 0 Å². The zero-order valence-corrected chi connectivity index (χ0v) is 17.3. The number of aryl methyl sites for hydroxylation is 1. The van der Waals surface area contributed by atoms with E-state index in [0.717, 1.165) is 31.2 Å². The summed E-state index contributed by atoms with van der Waals surface area (Å²) in [6, 6.07) is 6.24. The van der Waals surface area contributed by atoms with Crippen LogP contribution in [0, 0.1) is 12.8 Å². The van der Waals surface area contributed by atoms with E-state index in [1.807, 2.05) is 6.92 Å². The van der Waals surface area contributed by atoms with Crippen molar-refractivity contribution in [3.05, 3.63) is 29.8 Å². The average molecular weight is 384 g/mol. The maximum Gasteiger partial charge on any atom is 0.310 e. The lowest BCUT2D eigenvalue weighted by atomic mass is 9.97. The van der Waals surface area contributed by atoms with Gasteiger partial charge in [-0.15, -0.1) is 0 Å². The van der Waals surface area contributed by atoms with Gasteiger partial charge in [0.2, 0.25) is 10.0 Å². The number of rotatable bonds is 12. The number of carbonyl (C=O) groups excluding carboxylic acids is 1. The van der Waals surface area contributed by atoms with E-state index in [9.17, 15) is 13.2 Å². The van der Waals surface area contributed by atoms with E-state index in [-0.39, 0.29) is 17.5 Å². The van der Waals surface area contributed by atoms with Crippen molar-refractivity contribution in [3.63, 3.8) is 0 Å². The van der Waals surface area contributed by atoms with Crippen LogP contribution in [-0.4, -0.2) is 27.0 Å². The Balaban J connectivity index is 2.85. The topological polar surface area (TPSA) is 72.5 Å². The van der Waals surface area contributed by atoms with E-state index in [0.29, 0.717) is 6.42 Å². The smallest absolute Gasteiger partial charge is 0.310 e. The molecule has 0 heterocycles. The summed E-state index contributed by atoms with van der Waals surface area (Å²) in [6.07, 6.45) is 5.99. The lowest BCUT2D eigenvalue weighted by molar-refractivity contribution is -0.148. The second-order valence-corrected chi connectivity index (χ2v) is 8.50. The first-order chi connectivity index (χ1) is 12.3. The standard InChI is InChI=1S/C20H33NO4S/c1-5-7-8-9-10-11-19(17(4)20(22)25-6-2)21-26(23,24)18-14-12-16(3)13-15-18/h12-15,17,19,21H,5-11H2,1-4H3. The van der Waals surface area contributed by atoms with Crippen LogP contribution in [0.2, 0.25) is 0 Å². The van der Waals surface area contributed by atoms with E-state index < -0.39 is 22.0 Å². The molecule has 0 saturated heterocycles. The summed E-state index contributed by atoms with van der Waals surface area (Å²) < 4.78 is 33.2. The van der Waals surface area contributed by atoms with Crippen LogP contribution in [0.15, 0.2) is 29.2 Å². The molecule has 1 N–H and O–H groups in total. The summed E-state index contributed by atoms with van der Waals surface area (Å²) in [6.45, 7) is 7.83. The minimum atomic E-state index is -3.67. The van der Waals surface area contributed by atoms with Crippen LogP contribution in [0.5, 0.6) is 0 Å². The molecular weight excluding hydrogens is 350 g/mol. The number of unbranched alkanes of at least 4 members (excludes halogenated alkanes) is 4. The van der Waals surface area contributed by atoms with Gasteiger partial charge in [0.15, 0.2) is 0 Å². The van der Waals surface area contributed by atoms with E-state index in [1.165, 1.54) is 6.42 Å². The molecule has 0 fully saturated rings. The van der Waals surface area contributed by atoms with Crippen LogP contribution in [0.1, 0.15) is 64.9 Å². The monoisotopic (exact) mass is 383 g/mol. The molecule has 1 aromatic rings. The highest BCUT2D eigenvalue weighted by Gasteiger charge is 2.29. The van der Waals surface area contributed by atoms with Gasteiger partial charge in [0.1, 0.15) is 0 Å². The molecule has 0 spiro atoms. The lowest BCUT2D eigenvalue weighted by Crippen LogP contribution is -2.42. The van der Waals surface area contributed by atoms with Crippen LogP contribution in [0.25, 0.3) is 0 Å². The first-order valence-electron chi connectivity index (χ1n) is 9.57. The highest BCUT2D eigenvalue weighted by Crippen LogP contribution is 2.18. The molecule has 5 nitrogen and oxygen atoms in total. The molecule has 0 amide bonds. The second kappa shape index (κ2) is 11.3. The molecule has 0 aromatic heterocycles. The molecule has 2 unspecified atom stereocenters. The fourth-order valence-electron chi connectivity index (χ4n) is 2.80. The van der Waals surface area contributed by atoms with Gasteiger partial charge in [-0.2, -0.15) is 0 Å². The number of sulfonamides is 1. The summed E-state index contributed by atoms with van der Waals surface area (Å²) in [7, 11) is -3.67. The Morgan fingerprint density at radius 1 is 1.08 bits per heavy atom. The molecule has 0 aliphatic heterocycles. The van der Waals surface area contributed by atoms with Gasteiger partial charge in [-0.25, -0.2) is 13.1 Å².